The summed E-state index contributed by atoms with van der Waals surface area (Å²) in [6.45, 7) is 0.602. The summed E-state index contributed by atoms with van der Waals surface area (Å²) in [5.41, 5.74) is 13.8. The van der Waals surface area contributed by atoms with E-state index >= 15 is 0 Å². The molecule has 2 saturated carbocycles. The summed E-state index contributed by atoms with van der Waals surface area (Å²) in [4.78, 5) is 30.8. The maximum atomic E-state index is 13.7. The molecule has 2 heterocycles. The lowest BCUT2D eigenvalue weighted by Crippen LogP contribution is -2.32. The first-order chi connectivity index (χ1) is 17.9. The molecule has 2 aromatic heterocycles. The van der Waals surface area contributed by atoms with Crippen LogP contribution in [0.5, 0.6) is 0 Å². The van der Waals surface area contributed by atoms with Gasteiger partial charge in [0.15, 0.2) is 0 Å². The number of anilines is 1. The van der Waals surface area contributed by atoms with Gasteiger partial charge >= 0.3 is 5.69 Å². The first kappa shape index (κ1) is 25.4. The van der Waals surface area contributed by atoms with E-state index in [1.54, 1.807) is 33.5 Å². The zero-order valence-electron chi connectivity index (χ0n) is 21.0. The van der Waals surface area contributed by atoms with Gasteiger partial charge in [-0.1, -0.05) is 0 Å². The van der Waals surface area contributed by atoms with E-state index in [9.17, 15) is 14.0 Å². The Kier molecular flexibility index (Phi) is 7.53. The Bertz CT molecular complexity index is 1280. The summed E-state index contributed by atoms with van der Waals surface area (Å²) >= 11 is 0. The average molecular weight is 507 g/mol. The Morgan fingerprint density at radius 3 is 2.30 bits per heavy atom. The molecule has 2 fully saturated rings. The van der Waals surface area contributed by atoms with E-state index in [4.69, 9.17) is 11.5 Å². The molecule has 5 rings (SSSR count). The SMILES string of the molecule is N[C@H]1CC[C@@H](Cn2cc(-c3ccnc(NC(=O)[C@H]4CC[C@@H](N)CC4)c3)n(-c3ccc(F)cc3)c2=O)CC1. The molecule has 0 bridgehead atoms. The molecule has 1 aromatic carbocycles. The Hall–Kier alpha value is -3.30. The largest absolute Gasteiger partial charge is 0.333 e. The van der Waals surface area contributed by atoms with Gasteiger partial charge in [0.25, 0.3) is 0 Å². The third-order valence-electron chi connectivity index (χ3n) is 7.84. The lowest BCUT2D eigenvalue weighted by molar-refractivity contribution is -0.120. The number of hydrogen-bond acceptors (Lipinski definition) is 5. The van der Waals surface area contributed by atoms with Gasteiger partial charge in [0.05, 0.1) is 11.4 Å². The van der Waals surface area contributed by atoms with Crippen LogP contribution >= 0.6 is 0 Å². The topological polar surface area (TPSA) is 121 Å². The van der Waals surface area contributed by atoms with Crippen LogP contribution < -0.4 is 22.5 Å². The standard InChI is InChI=1S/C28H35FN6O2/c29-21-5-11-24(12-6-21)35-25(17-34(28(35)37)16-18-1-7-22(30)8-2-18)20-13-14-32-26(15-20)33-27(36)19-3-9-23(31)10-4-19/h5-6,11-15,17-19,22-23H,1-4,7-10,16,30-31H2,(H,32,33,36)/t18-,19-,22+,23+. The number of aromatic nitrogens is 3. The smallest absolute Gasteiger partial charge is 0.328 e. The molecule has 1 amide bonds. The van der Waals surface area contributed by atoms with Gasteiger partial charge in [-0.05, 0) is 93.7 Å². The maximum absolute atomic E-state index is 13.7. The number of rotatable bonds is 6. The van der Waals surface area contributed by atoms with Gasteiger partial charge < -0.3 is 16.8 Å². The number of carbonyl (C=O) groups is 1. The number of nitrogens with two attached hydrogens (primary N) is 2. The molecule has 8 nitrogen and oxygen atoms in total. The van der Waals surface area contributed by atoms with Crippen LogP contribution in [0.15, 0.2) is 53.6 Å². The van der Waals surface area contributed by atoms with Crippen molar-refractivity contribution in [3.8, 4) is 16.9 Å². The highest BCUT2D eigenvalue weighted by atomic mass is 19.1. The van der Waals surface area contributed by atoms with E-state index in [0.717, 1.165) is 56.9 Å². The molecule has 2 aliphatic carbocycles. The first-order valence-electron chi connectivity index (χ1n) is 13.2. The minimum absolute atomic E-state index is 0.0550. The molecule has 37 heavy (non-hydrogen) atoms. The first-order valence-corrected chi connectivity index (χ1v) is 13.2. The van der Waals surface area contributed by atoms with Crippen molar-refractivity contribution in [1.82, 2.24) is 14.1 Å². The van der Waals surface area contributed by atoms with Crippen LogP contribution in [0.3, 0.4) is 0 Å². The molecule has 0 unspecified atom stereocenters. The fraction of sp³-hybridized carbons (Fsp3) is 0.464. The lowest BCUT2D eigenvalue weighted by atomic mass is 9.86. The second kappa shape index (κ2) is 11.0. The summed E-state index contributed by atoms with van der Waals surface area (Å²) in [5, 5.41) is 2.95. The van der Waals surface area contributed by atoms with Gasteiger partial charge in [-0.2, -0.15) is 0 Å². The number of nitrogens with zero attached hydrogens (tertiary/aromatic N) is 3. The van der Waals surface area contributed by atoms with E-state index in [1.165, 1.54) is 12.1 Å². The third-order valence-corrected chi connectivity index (χ3v) is 7.84. The number of pyridine rings is 1. The summed E-state index contributed by atoms with van der Waals surface area (Å²) in [6, 6.07) is 9.90. The molecule has 0 atom stereocenters. The van der Waals surface area contributed by atoms with Crippen LogP contribution in [-0.4, -0.2) is 32.1 Å². The molecule has 5 N–H and O–H groups in total. The van der Waals surface area contributed by atoms with E-state index in [1.807, 2.05) is 12.3 Å². The van der Waals surface area contributed by atoms with Crippen LogP contribution in [0, 0.1) is 17.7 Å². The van der Waals surface area contributed by atoms with Gasteiger partial charge in [-0.25, -0.2) is 14.2 Å². The van der Waals surface area contributed by atoms with Crippen molar-refractivity contribution >= 4 is 11.7 Å². The molecule has 0 aliphatic heterocycles. The van der Waals surface area contributed by atoms with Crippen molar-refractivity contribution in [3.63, 3.8) is 0 Å². The highest BCUT2D eigenvalue weighted by Crippen LogP contribution is 2.28. The number of carbonyl (C=O) groups excluding carboxylic acids is 1. The summed E-state index contributed by atoms with van der Waals surface area (Å²) in [5.74, 6) is 0.316. The predicted octanol–water partition coefficient (Wildman–Crippen LogP) is 3.81. The molecule has 0 radical (unpaired) electrons. The van der Waals surface area contributed by atoms with E-state index in [2.05, 4.69) is 10.3 Å². The van der Waals surface area contributed by atoms with Crippen LogP contribution in [0.4, 0.5) is 10.2 Å². The summed E-state index contributed by atoms with van der Waals surface area (Å²) < 4.78 is 17.0. The van der Waals surface area contributed by atoms with Gasteiger partial charge in [0.1, 0.15) is 11.6 Å². The van der Waals surface area contributed by atoms with E-state index in [-0.39, 0.29) is 35.4 Å². The molecule has 0 spiro atoms. The maximum Gasteiger partial charge on any atom is 0.333 e. The second-order valence-electron chi connectivity index (χ2n) is 10.6. The normalized spacial score (nSPS) is 24.1. The number of hydrogen-bond donors (Lipinski definition) is 3. The molecule has 196 valence electrons. The van der Waals surface area contributed by atoms with Gasteiger partial charge in [0.2, 0.25) is 5.91 Å². The fourth-order valence-electron chi connectivity index (χ4n) is 5.58. The monoisotopic (exact) mass is 506 g/mol. The Balaban J connectivity index is 1.45. The highest BCUT2D eigenvalue weighted by Gasteiger charge is 2.25. The highest BCUT2D eigenvalue weighted by molar-refractivity contribution is 5.92. The second-order valence-corrected chi connectivity index (χ2v) is 10.6. The number of halogens is 1. The van der Waals surface area contributed by atoms with Crippen LogP contribution in [0.1, 0.15) is 51.4 Å². The number of amides is 1. The van der Waals surface area contributed by atoms with Crippen molar-refractivity contribution in [1.29, 1.82) is 0 Å². The zero-order valence-corrected chi connectivity index (χ0v) is 21.0. The zero-order chi connectivity index (χ0) is 25.9. The number of benzene rings is 1. The lowest BCUT2D eigenvalue weighted by Gasteiger charge is -2.25. The summed E-state index contributed by atoms with van der Waals surface area (Å²) in [7, 11) is 0. The predicted molar refractivity (Wildman–Crippen MR) is 142 cm³/mol. The average Bonchev–Trinajstić information content (AvgIpc) is 3.22. The Morgan fingerprint density at radius 1 is 0.973 bits per heavy atom. The minimum atomic E-state index is -0.367. The van der Waals surface area contributed by atoms with E-state index in [0.29, 0.717) is 29.7 Å². The van der Waals surface area contributed by atoms with Gasteiger partial charge in [0, 0.05) is 42.5 Å². The Morgan fingerprint density at radius 2 is 1.62 bits per heavy atom. The molecule has 2 aliphatic rings. The minimum Gasteiger partial charge on any atom is -0.328 e. The third kappa shape index (κ3) is 5.83. The van der Waals surface area contributed by atoms with Gasteiger partial charge in [-0.3, -0.25) is 13.9 Å². The van der Waals surface area contributed by atoms with Crippen molar-refractivity contribution in [2.45, 2.75) is 70.0 Å². The summed E-state index contributed by atoms with van der Waals surface area (Å²) in [6.07, 6.45) is 10.6. The molecular weight excluding hydrogens is 471 g/mol. The molecule has 3 aromatic rings. The number of imidazole rings is 1. The Labute approximate surface area is 215 Å². The molecule has 9 heteroatoms. The van der Waals surface area contributed by atoms with E-state index < -0.39 is 0 Å². The number of nitrogens with one attached hydrogen (secondary N) is 1. The van der Waals surface area contributed by atoms with Crippen LogP contribution in [0.2, 0.25) is 0 Å². The van der Waals surface area contributed by atoms with Crippen LogP contribution in [0.25, 0.3) is 16.9 Å². The van der Waals surface area contributed by atoms with Gasteiger partial charge in [-0.15, -0.1) is 0 Å². The van der Waals surface area contributed by atoms with Crippen molar-refractivity contribution < 1.29 is 9.18 Å². The molecular formula is C28H35FN6O2. The van der Waals surface area contributed by atoms with Crippen molar-refractivity contribution in [3.05, 3.63) is 65.1 Å². The van der Waals surface area contributed by atoms with Crippen molar-refractivity contribution in [2.75, 3.05) is 5.32 Å². The van der Waals surface area contributed by atoms with Crippen molar-refractivity contribution in [2.24, 2.45) is 23.3 Å². The quantitative estimate of drug-likeness (QED) is 0.469. The van der Waals surface area contributed by atoms with Crippen LogP contribution in [-0.2, 0) is 11.3 Å². The molecule has 0 saturated heterocycles. The fourth-order valence-corrected chi connectivity index (χ4v) is 5.58.